The Hall–Kier alpha value is -1.58. The topological polar surface area (TPSA) is 140 Å². The van der Waals surface area contributed by atoms with Crippen molar-refractivity contribution in [3.63, 3.8) is 0 Å². The third-order valence-electron chi connectivity index (χ3n) is 5.30. The van der Waals surface area contributed by atoms with Gasteiger partial charge in [-0.1, -0.05) is 39.5 Å². The molecule has 0 aliphatic heterocycles. The van der Waals surface area contributed by atoms with E-state index in [1.807, 2.05) is 48.5 Å². The normalized spacial score (nSPS) is 15.8. The third-order valence-corrected chi connectivity index (χ3v) is 5.30. The predicted octanol–water partition coefficient (Wildman–Crippen LogP) is 3.51. The van der Waals surface area contributed by atoms with Crippen molar-refractivity contribution in [2.24, 2.45) is 11.5 Å². The Kier molecular flexibility index (Phi) is 13.9. The molecule has 33 heavy (non-hydrogen) atoms. The summed E-state index contributed by atoms with van der Waals surface area (Å²) < 4.78 is 11.4. The van der Waals surface area contributed by atoms with Gasteiger partial charge in [-0.3, -0.25) is 4.90 Å². The lowest BCUT2D eigenvalue weighted by atomic mass is 9.96. The van der Waals surface area contributed by atoms with Gasteiger partial charge in [0.1, 0.15) is 11.7 Å². The molecule has 6 N–H and O–H groups in total. The molecule has 0 saturated heterocycles. The maximum atomic E-state index is 13.2. The summed E-state index contributed by atoms with van der Waals surface area (Å²) in [5.74, 6) is 0. The standard InChI is InChI=1S/C24H50N4O5/c1-9-11-13-17(19(29)15-25)27-21(30)32-20(16-26)18(14-12-10-2)28(23(3,4)5)22(31)33-24(6,7)8/h17-20,29H,9-16,25-26H2,1-8H3,(H,27,30)/t17-,18?,19?,20-/m0/s1. The predicted molar refractivity (Wildman–Crippen MR) is 132 cm³/mol. The number of hydrogen-bond acceptors (Lipinski definition) is 7. The molecule has 0 spiro atoms. The smallest absolute Gasteiger partial charge is 0.411 e. The number of aliphatic hydroxyl groups is 1. The van der Waals surface area contributed by atoms with Gasteiger partial charge in [0, 0.05) is 18.6 Å². The number of aliphatic hydroxyl groups excluding tert-OH is 1. The quantitative estimate of drug-likeness (QED) is 0.320. The molecular formula is C24H50N4O5. The van der Waals surface area contributed by atoms with E-state index in [0.29, 0.717) is 12.8 Å². The Morgan fingerprint density at radius 1 is 0.970 bits per heavy atom. The second-order valence-corrected chi connectivity index (χ2v) is 10.6. The highest BCUT2D eigenvalue weighted by molar-refractivity contribution is 5.70. The van der Waals surface area contributed by atoms with Crippen LogP contribution in [-0.4, -0.2) is 70.7 Å². The zero-order chi connectivity index (χ0) is 25.8. The third kappa shape index (κ3) is 11.9. The lowest BCUT2D eigenvalue weighted by Crippen LogP contribution is -2.59. The number of hydrogen-bond donors (Lipinski definition) is 4. The van der Waals surface area contributed by atoms with E-state index in [1.54, 1.807) is 4.90 Å². The number of carbonyl (C=O) groups excluding carboxylic acids is 2. The molecule has 0 aromatic carbocycles. The van der Waals surface area contributed by atoms with Crippen molar-refractivity contribution < 1.29 is 24.2 Å². The fraction of sp³-hybridized carbons (Fsp3) is 0.917. The number of amides is 2. The van der Waals surface area contributed by atoms with Gasteiger partial charge < -0.3 is 31.4 Å². The first-order chi connectivity index (χ1) is 15.2. The lowest BCUT2D eigenvalue weighted by molar-refractivity contribution is -0.0390. The molecule has 0 aliphatic carbocycles. The molecule has 0 heterocycles. The summed E-state index contributed by atoms with van der Waals surface area (Å²) in [7, 11) is 0. The van der Waals surface area contributed by atoms with E-state index >= 15 is 0 Å². The summed E-state index contributed by atoms with van der Waals surface area (Å²) in [5, 5.41) is 12.9. The molecule has 196 valence electrons. The Bertz CT molecular complexity index is 574. The van der Waals surface area contributed by atoms with E-state index in [2.05, 4.69) is 12.2 Å². The molecule has 0 bridgehead atoms. The molecule has 0 rings (SSSR count). The monoisotopic (exact) mass is 474 g/mol. The number of unbranched alkanes of at least 4 members (excludes halogenated alkanes) is 2. The van der Waals surface area contributed by atoms with Crippen LogP contribution in [-0.2, 0) is 9.47 Å². The minimum Gasteiger partial charge on any atom is -0.444 e. The summed E-state index contributed by atoms with van der Waals surface area (Å²) in [6.07, 6.45) is 1.91. The van der Waals surface area contributed by atoms with Crippen LogP contribution in [0.4, 0.5) is 9.59 Å². The van der Waals surface area contributed by atoms with Crippen LogP contribution in [0.3, 0.4) is 0 Å². The van der Waals surface area contributed by atoms with Gasteiger partial charge >= 0.3 is 12.2 Å². The number of carbonyl (C=O) groups is 2. The van der Waals surface area contributed by atoms with Crippen LogP contribution < -0.4 is 16.8 Å². The van der Waals surface area contributed by atoms with Gasteiger partial charge in [0.05, 0.1) is 18.2 Å². The molecular weight excluding hydrogens is 424 g/mol. The molecule has 9 nitrogen and oxygen atoms in total. The Morgan fingerprint density at radius 2 is 1.52 bits per heavy atom. The Morgan fingerprint density at radius 3 is 1.94 bits per heavy atom. The van der Waals surface area contributed by atoms with Crippen molar-refractivity contribution in [2.45, 2.75) is 129 Å². The lowest BCUT2D eigenvalue weighted by Gasteiger charge is -2.44. The van der Waals surface area contributed by atoms with E-state index in [0.717, 1.165) is 25.7 Å². The van der Waals surface area contributed by atoms with E-state index in [-0.39, 0.29) is 13.1 Å². The van der Waals surface area contributed by atoms with Crippen LogP contribution in [0, 0.1) is 0 Å². The average molecular weight is 475 g/mol. The second-order valence-electron chi connectivity index (χ2n) is 10.6. The highest BCUT2D eigenvalue weighted by atomic mass is 16.6. The van der Waals surface area contributed by atoms with E-state index < -0.39 is 47.6 Å². The SMILES string of the molecule is CCCCC([C@H](CN)OC(=O)N[C@@H](CCCC)C(O)CN)N(C(=O)OC(C)(C)C)C(C)(C)C. The van der Waals surface area contributed by atoms with Gasteiger partial charge in [0.15, 0.2) is 0 Å². The van der Waals surface area contributed by atoms with E-state index in [9.17, 15) is 14.7 Å². The van der Waals surface area contributed by atoms with Crippen LogP contribution in [0.15, 0.2) is 0 Å². The maximum absolute atomic E-state index is 13.2. The first kappa shape index (κ1) is 31.4. The maximum Gasteiger partial charge on any atom is 0.411 e. The molecule has 2 unspecified atom stereocenters. The fourth-order valence-electron chi connectivity index (χ4n) is 3.67. The number of ether oxygens (including phenoxy) is 2. The summed E-state index contributed by atoms with van der Waals surface area (Å²) in [4.78, 5) is 27.6. The van der Waals surface area contributed by atoms with Crippen molar-refractivity contribution in [1.29, 1.82) is 0 Å². The van der Waals surface area contributed by atoms with E-state index in [4.69, 9.17) is 20.9 Å². The molecule has 0 aromatic rings. The van der Waals surface area contributed by atoms with Crippen molar-refractivity contribution in [3.8, 4) is 0 Å². The number of alkyl carbamates (subject to hydrolysis) is 1. The molecule has 9 heteroatoms. The Balaban J connectivity index is 5.80. The molecule has 4 atom stereocenters. The molecule has 0 aliphatic rings. The largest absolute Gasteiger partial charge is 0.444 e. The zero-order valence-corrected chi connectivity index (χ0v) is 22.1. The highest BCUT2D eigenvalue weighted by Crippen LogP contribution is 2.27. The van der Waals surface area contributed by atoms with Gasteiger partial charge in [0.25, 0.3) is 0 Å². The molecule has 0 radical (unpaired) electrons. The molecule has 0 fully saturated rings. The first-order valence-corrected chi connectivity index (χ1v) is 12.3. The molecule has 0 saturated carbocycles. The molecule has 0 aromatic heterocycles. The van der Waals surface area contributed by atoms with Gasteiger partial charge in [-0.25, -0.2) is 9.59 Å². The Labute approximate surface area is 200 Å². The van der Waals surface area contributed by atoms with Crippen LogP contribution in [0.2, 0.25) is 0 Å². The summed E-state index contributed by atoms with van der Waals surface area (Å²) in [5.41, 5.74) is 10.4. The van der Waals surface area contributed by atoms with Gasteiger partial charge in [-0.2, -0.15) is 0 Å². The molecule has 2 amide bonds. The minimum atomic E-state index is -0.871. The number of rotatable bonds is 13. The van der Waals surface area contributed by atoms with Crippen LogP contribution in [0.25, 0.3) is 0 Å². The zero-order valence-electron chi connectivity index (χ0n) is 22.1. The van der Waals surface area contributed by atoms with Crippen molar-refractivity contribution in [3.05, 3.63) is 0 Å². The number of nitrogens with zero attached hydrogens (tertiary/aromatic N) is 1. The summed E-state index contributed by atoms with van der Waals surface area (Å²) in [6, 6.07) is -0.983. The highest BCUT2D eigenvalue weighted by Gasteiger charge is 2.41. The minimum absolute atomic E-state index is 0.0323. The number of nitrogens with one attached hydrogen (secondary N) is 1. The van der Waals surface area contributed by atoms with Crippen molar-refractivity contribution in [1.82, 2.24) is 10.2 Å². The number of nitrogens with two attached hydrogens (primary N) is 2. The van der Waals surface area contributed by atoms with Crippen LogP contribution in [0.5, 0.6) is 0 Å². The summed E-state index contributed by atoms with van der Waals surface area (Å²) in [6.45, 7) is 15.4. The van der Waals surface area contributed by atoms with E-state index in [1.165, 1.54) is 0 Å². The first-order valence-electron chi connectivity index (χ1n) is 12.3. The average Bonchev–Trinajstić information content (AvgIpc) is 2.69. The van der Waals surface area contributed by atoms with Crippen molar-refractivity contribution in [2.75, 3.05) is 13.1 Å². The van der Waals surface area contributed by atoms with Gasteiger partial charge in [-0.05, 0) is 54.4 Å². The fourth-order valence-corrected chi connectivity index (χ4v) is 3.67. The van der Waals surface area contributed by atoms with Crippen LogP contribution in [0.1, 0.15) is 93.9 Å². The summed E-state index contributed by atoms with van der Waals surface area (Å²) >= 11 is 0. The second kappa shape index (κ2) is 14.6. The van der Waals surface area contributed by atoms with Gasteiger partial charge in [0.2, 0.25) is 0 Å². The van der Waals surface area contributed by atoms with Crippen LogP contribution >= 0.6 is 0 Å². The van der Waals surface area contributed by atoms with Gasteiger partial charge in [-0.15, -0.1) is 0 Å². The van der Waals surface area contributed by atoms with Crippen molar-refractivity contribution >= 4 is 12.2 Å².